The van der Waals surface area contributed by atoms with Crippen molar-refractivity contribution in [1.82, 2.24) is 44.4 Å². The molecule has 4 aromatic heterocycles. The number of piperidine rings is 2. The molecule has 3 N–H and O–H groups in total. The van der Waals surface area contributed by atoms with Gasteiger partial charge in [0, 0.05) is 74.8 Å². The number of nitrogens with one attached hydrogen (secondary N) is 3. The Balaban J connectivity index is 0.770. The Bertz CT molecular complexity index is 2920. The molecule has 11 rings (SSSR count). The summed E-state index contributed by atoms with van der Waals surface area (Å²) in [5.74, 6) is -1.45. The summed E-state index contributed by atoms with van der Waals surface area (Å²) in [6, 6.07) is 10.4. The van der Waals surface area contributed by atoms with Crippen LogP contribution in [0, 0.1) is 5.92 Å². The van der Waals surface area contributed by atoms with Gasteiger partial charge < -0.3 is 34.3 Å². The standard InChI is InChI=1S/C43H44ClF2N13O4/c1-55-30-9-5-24(17-28(30)35-36(41(55)62)63-21-43(45,46)37(50-35)22-3-4-22)48-38-29(44)19-47-42(51-38)57-13-11-23(12-14-57)39-53-52-32-20-58(15-16-59(32)39)25-6-7-26-31(18-25)56(2)54-34(26)27-8-10-33(60)49-40(27)61/h5-7,9,17-19,22-23,27,37,50H,3-4,8,10-16,20-21H2,1-2H3,(H,47,48,51)(H,49,60,61). The minimum absolute atomic E-state index is 0.118. The van der Waals surface area contributed by atoms with Crippen molar-refractivity contribution in [3.05, 3.63) is 75.3 Å². The van der Waals surface area contributed by atoms with Crippen molar-refractivity contribution in [3.8, 4) is 5.75 Å². The lowest BCUT2D eigenvalue weighted by Gasteiger charge is -2.33. The third-order valence-corrected chi connectivity index (χ3v) is 13.6. The van der Waals surface area contributed by atoms with Gasteiger partial charge in [-0.05, 0) is 74.4 Å². The molecular formula is C43H44ClF2N13O4. The molecule has 5 aliphatic rings. The number of rotatable bonds is 7. The first-order valence-corrected chi connectivity index (χ1v) is 21.7. The zero-order valence-electron chi connectivity index (χ0n) is 34.6. The van der Waals surface area contributed by atoms with E-state index >= 15 is 8.78 Å². The summed E-state index contributed by atoms with van der Waals surface area (Å²) >= 11 is 6.64. The molecule has 20 heteroatoms. The van der Waals surface area contributed by atoms with Crippen LogP contribution in [0.3, 0.4) is 0 Å². The summed E-state index contributed by atoms with van der Waals surface area (Å²) in [5.41, 5.74) is 3.59. The number of imide groups is 1. The highest BCUT2D eigenvalue weighted by Gasteiger charge is 2.51. The monoisotopic (exact) mass is 879 g/mol. The number of anilines is 5. The van der Waals surface area contributed by atoms with Gasteiger partial charge in [0.1, 0.15) is 10.8 Å². The Morgan fingerprint density at radius 3 is 2.54 bits per heavy atom. The van der Waals surface area contributed by atoms with E-state index in [4.69, 9.17) is 31.5 Å². The van der Waals surface area contributed by atoms with Gasteiger partial charge in [-0.1, -0.05) is 11.6 Å². The molecule has 0 bridgehead atoms. The van der Waals surface area contributed by atoms with Gasteiger partial charge in [0.25, 0.3) is 5.56 Å². The van der Waals surface area contributed by atoms with Gasteiger partial charge in [-0.2, -0.15) is 10.1 Å². The van der Waals surface area contributed by atoms with Crippen LogP contribution in [0.25, 0.3) is 21.8 Å². The number of nitrogens with zero attached hydrogens (tertiary/aromatic N) is 10. The first-order valence-electron chi connectivity index (χ1n) is 21.4. The molecule has 2 aromatic carbocycles. The Hall–Kier alpha value is -6.37. The molecule has 4 aliphatic heterocycles. The van der Waals surface area contributed by atoms with Crippen LogP contribution < -0.4 is 36.0 Å². The molecule has 326 valence electrons. The van der Waals surface area contributed by atoms with Crippen molar-refractivity contribution in [1.29, 1.82) is 0 Å². The van der Waals surface area contributed by atoms with E-state index in [-0.39, 0.29) is 35.1 Å². The summed E-state index contributed by atoms with van der Waals surface area (Å²) < 4.78 is 41.3. The quantitative estimate of drug-likeness (QED) is 0.175. The molecule has 2 unspecified atom stereocenters. The number of aromatic nitrogens is 8. The van der Waals surface area contributed by atoms with E-state index in [1.54, 1.807) is 36.1 Å². The molecule has 2 saturated heterocycles. The van der Waals surface area contributed by atoms with Gasteiger partial charge in [0.2, 0.25) is 23.5 Å². The first kappa shape index (κ1) is 39.5. The molecular weight excluding hydrogens is 836 g/mol. The van der Waals surface area contributed by atoms with Crippen molar-refractivity contribution in [2.45, 2.75) is 75.4 Å². The molecule has 8 heterocycles. The van der Waals surface area contributed by atoms with E-state index in [1.165, 1.54) is 4.57 Å². The van der Waals surface area contributed by atoms with E-state index in [9.17, 15) is 14.4 Å². The van der Waals surface area contributed by atoms with Crippen LogP contribution in [0.2, 0.25) is 5.02 Å². The van der Waals surface area contributed by atoms with E-state index in [0.29, 0.717) is 84.4 Å². The number of pyridine rings is 1. The first-order chi connectivity index (χ1) is 30.4. The predicted molar refractivity (Wildman–Crippen MR) is 231 cm³/mol. The highest BCUT2D eigenvalue weighted by Crippen LogP contribution is 2.46. The van der Waals surface area contributed by atoms with Gasteiger partial charge in [-0.25, -0.2) is 13.8 Å². The highest BCUT2D eigenvalue weighted by atomic mass is 35.5. The minimum Gasteiger partial charge on any atom is -0.480 e. The molecule has 63 heavy (non-hydrogen) atoms. The zero-order chi connectivity index (χ0) is 43.3. The number of hydrogen-bond donors (Lipinski definition) is 3. The second kappa shape index (κ2) is 14.9. The number of alkyl halides is 2. The van der Waals surface area contributed by atoms with Crippen molar-refractivity contribution < 1.29 is 23.1 Å². The van der Waals surface area contributed by atoms with Gasteiger partial charge >= 0.3 is 5.92 Å². The fraction of sp³-hybridized carbons (Fsp3) is 0.442. The largest absolute Gasteiger partial charge is 0.480 e. The Morgan fingerprint density at radius 2 is 1.75 bits per heavy atom. The van der Waals surface area contributed by atoms with Crippen molar-refractivity contribution in [2.75, 3.05) is 46.7 Å². The van der Waals surface area contributed by atoms with Gasteiger partial charge in [0.15, 0.2) is 18.2 Å². The van der Waals surface area contributed by atoms with Crippen LogP contribution in [-0.2, 0) is 36.8 Å². The van der Waals surface area contributed by atoms with Crippen LogP contribution >= 0.6 is 11.6 Å². The van der Waals surface area contributed by atoms with E-state index < -0.39 is 30.0 Å². The fourth-order valence-corrected chi connectivity index (χ4v) is 9.88. The summed E-state index contributed by atoms with van der Waals surface area (Å²) in [6.45, 7) is 2.63. The number of hydrogen-bond acceptors (Lipinski definition) is 13. The molecule has 3 fully saturated rings. The third-order valence-electron chi connectivity index (χ3n) is 13.3. The summed E-state index contributed by atoms with van der Waals surface area (Å²) in [6.07, 6.45) is 5.35. The third kappa shape index (κ3) is 6.87. The summed E-state index contributed by atoms with van der Waals surface area (Å²) in [7, 11) is 3.47. The Morgan fingerprint density at radius 1 is 0.921 bits per heavy atom. The second-order valence-electron chi connectivity index (χ2n) is 17.3. The number of carbonyl (C=O) groups is 2. The lowest BCUT2D eigenvalue weighted by atomic mass is 9.93. The average molecular weight is 880 g/mol. The SMILES string of the molecule is Cn1nc(C2CCC(=O)NC2=O)c2ccc(N3CCn4c(nnc4C4CCN(c5ncc(Cl)c(Nc6ccc7c(c6)c6c(c(=O)n7C)OCC(F)(F)C(C7CC7)N6)n5)CC4)C3)cc21. The second-order valence-corrected chi connectivity index (χ2v) is 17.7. The lowest BCUT2D eigenvalue weighted by molar-refractivity contribution is -0.134. The maximum Gasteiger partial charge on any atom is 0.301 e. The number of benzene rings is 2. The van der Waals surface area contributed by atoms with E-state index in [1.807, 2.05) is 13.1 Å². The van der Waals surface area contributed by atoms with E-state index in [0.717, 1.165) is 54.2 Å². The number of halogens is 3. The maximum absolute atomic E-state index is 15.2. The van der Waals surface area contributed by atoms with Crippen LogP contribution in [-0.4, -0.2) is 89.1 Å². The molecule has 6 aromatic rings. The summed E-state index contributed by atoms with van der Waals surface area (Å²) in [4.78, 5) is 51.5. The van der Waals surface area contributed by atoms with Crippen LogP contribution in [0.1, 0.15) is 67.7 Å². The Labute approximate surface area is 363 Å². The smallest absolute Gasteiger partial charge is 0.301 e. The van der Waals surface area contributed by atoms with Crippen LogP contribution in [0.5, 0.6) is 5.75 Å². The predicted octanol–water partition coefficient (Wildman–Crippen LogP) is 5.35. The number of aryl methyl sites for hydroxylation is 2. The van der Waals surface area contributed by atoms with Crippen LogP contribution in [0.4, 0.5) is 37.6 Å². The van der Waals surface area contributed by atoms with Crippen molar-refractivity contribution in [2.24, 2.45) is 20.0 Å². The maximum atomic E-state index is 15.2. The molecule has 0 spiro atoms. The van der Waals surface area contributed by atoms with Gasteiger partial charge in [-0.3, -0.25) is 24.4 Å². The van der Waals surface area contributed by atoms with E-state index in [2.05, 4.69) is 52.5 Å². The Kier molecular flexibility index (Phi) is 9.32. The number of amides is 2. The normalized spacial score (nSPS) is 21.4. The highest BCUT2D eigenvalue weighted by molar-refractivity contribution is 6.33. The molecule has 17 nitrogen and oxygen atoms in total. The topological polar surface area (TPSA) is 182 Å². The van der Waals surface area contributed by atoms with Crippen molar-refractivity contribution in [3.63, 3.8) is 0 Å². The average Bonchev–Trinajstić information content (AvgIpc) is 3.97. The number of ether oxygens (including phenoxy) is 1. The lowest BCUT2D eigenvalue weighted by Crippen LogP contribution is -2.44. The van der Waals surface area contributed by atoms with Crippen LogP contribution in [0.15, 0.2) is 47.4 Å². The molecule has 2 amide bonds. The fourth-order valence-electron chi connectivity index (χ4n) is 9.74. The number of carbonyl (C=O) groups excluding carboxylic acids is 2. The molecule has 2 atom stereocenters. The molecule has 1 saturated carbocycles. The molecule has 1 aliphatic carbocycles. The van der Waals surface area contributed by atoms with Gasteiger partial charge in [0.05, 0.1) is 47.1 Å². The van der Waals surface area contributed by atoms with Gasteiger partial charge in [-0.15, -0.1) is 10.2 Å². The number of fused-ring (bicyclic) bond motifs is 5. The molecule has 0 radical (unpaired) electrons. The summed E-state index contributed by atoms with van der Waals surface area (Å²) in [5, 5.41) is 24.6. The zero-order valence-corrected chi connectivity index (χ0v) is 35.3. The minimum atomic E-state index is -3.14. The van der Waals surface area contributed by atoms with Crippen molar-refractivity contribution >= 4 is 74.0 Å².